The van der Waals surface area contributed by atoms with E-state index in [4.69, 9.17) is 5.11 Å². The molecule has 16 heavy (non-hydrogen) atoms. The first-order valence-corrected chi connectivity index (χ1v) is 6.72. The number of carbonyl (C=O) groups is 1. The molecule has 1 rings (SSSR count). The molecular formula is C11H12BrFO2S. The largest absolute Gasteiger partial charge is 0.481 e. The van der Waals surface area contributed by atoms with E-state index in [0.717, 1.165) is 0 Å². The highest BCUT2D eigenvalue weighted by atomic mass is 79.9. The number of rotatable bonds is 4. The number of hydrogen-bond acceptors (Lipinski definition) is 2. The van der Waals surface area contributed by atoms with Crippen molar-refractivity contribution < 1.29 is 14.3 Å². The topological polar surface area (TPSA) is 37.3 Å². The number of thioether (sulfide) groups is 1. The summed E-state index contributed by atoms with van der Waals surface area (Å²) < 4.78 is 14.2. The predicted octanol–water partition coefficient (Wildman–Crippen LogP) is 3.57. The third kappa shape index (κ3) is 3.22. The smallest absolute Gasteiger partial charge is 0.306 e. The Morgan fingerprint density at radius 3 is 2.69 bits per heavy atom. The summed E-state index contributed by atoms with van der Waals surface area (Å²) in [5, 5.41) is 8.77. The highest BCUT2D eigenvalue weighted by Gasteiger charge is 2.14. The highest BCUT2D eigenvalue weighted by Crippen LogP contribution is 2.30. The van der Waals surface area contributed by atoms with Gasteiger partial charge in [-0.1, -0.05) is 6.92 Å². The van der Waals surface area contributed by atoms with Crippen LogP contribution in [0, 0.1) is 11.7 Å². The lowest BCUT2D eigenvalue weighted by molar-refractivity contribution is -0.141. The van der Waals surface area contributed by atoms with Crippen molar-refractivity contribution in [2.75, 3.05) is 6.26 Å². The summed E-state index contributed by atoms with van der Waals surface area (Å²) in [5.74, 6) is -1.69. The van der Waals surface area contributed by atoms with Crippen LogP contribution in [0.4, 0.5) is 4.39 Å². The summed E-state index contributed by atoms with van der Waals surface area (Å²) in [6.45, 7) is 1.61. The summed E-state index contributed by atoms with van der Waals surface area (Å²) in [6.07, 6.45) is 2.13. The van der Waals surface area contributed by atoms with E-state index in [2.05, 4.69) is 15.9 Å². The van der Waals surface area contributed by atoms with Gasteiger partial charge in [0.15, 0.2) is 0 Å². The van der Waals surface area contributed by atoms with Crippen molar-refractivity contribution in [3.8, 4) is 0 Å². The molecule has 0 radical (unpaired) electrons. The van der Waals surface area contributed by atoms with Gasteiger partial charge in [-0.05, 0) is 46.3 Å². The Hall–Kier alpha value is -0.550. The van der Waals surface area contributed by atoms with Crippen LogP contribution in [-0.2, 0) is 11.2 Å². The monoisotopic (exact) mass is 306 g/mol. The number of hydrogen-bond donors (Lipinski definition) is 1. The Morgan fingerprint density at radius 2 is 2.25 bits per heavy atom. The van der Waals surface area contributed by atoms with Crippen LogP contribution >= 0.6 is 27.7 Å². The number of aliphatic carboxylic acids is 1. The van der Waals surface area contributed by atoms with Crippen LogP contribution in [0.25, 0.3) is 0 Å². The minimum absolute atomic E-state index is 0.311. The van der Waals surface area contributed by atoms with Gasteiger partial charge in [-0.25, -0.2) is 4.39 Å². The third-order valence-electron chi connectivity index (χ3n) is 2.23. The molecule has 88 valence electrons. The number of halogens is 2. The molecule has 1 aromatic rings. The molecule has 0 amide bonds. The molecule has 0 aliphatic rings. The average Bonchev–Trinajstić information content (AvgIpc) is 2.16. The van der Waals surface area contributed by atoms with Crippen molar-refractivity contribution in [2.24, 2.45) is 5.92 Å². The lowest BCUT2D eigenvalue weighted by atomic mass is 10.0. The van der Waals surface area contributed by atoms with Gasteiger partial charge in [0.2, 0.25) is 0 Å². The van der Waals surface area contributed by atoms with E-state index < -0.39 is 11.9 Å². The number of carboxylic acids is 1. The van der Waals surface area contributed by atoms with Crippen molar-refractivity contribution in [1.82, 2.24) is 0 Å². The molecule has 0 aliphatic carbocycles. The van der Waals surface area contributed by atoms with Crippen molar-refractivity contribution in [1.29, 1.82) is 0 Å². The molecule has 1 atom stereocenters. The Balaban J connectivity index is 2.96. The Kier molecular flexibility index (Phi) is 4.80. The zero-order valence-corrected chi connectivity index (χ0v) is 11.4. The fraction of sp³-hybridized carbons (Fsp3) is 0.364. The van der Waals surface area contributed by atoms with Crippen LogP contribution in [0.5, 0.6) is 0 Å². The molecule has 0 aliphatic heterocycles. The summed E-state index contributed by atoms with van der Waals surface area (Å²) >= 11 is 4.59. The van der Waals surface area contributed by atoms with Crippen molar-refractivity contribution in [3.05, 3.63) is 28.0 Å². The van der Waals surface area contributed by atoms with Gasteiger partial charge in [-0.3, -0.25) is 4.79 Å². The molecule has 0 fully saturated rings. The van der Waals surface area contributed by atoms with Gasteiger partial charge < -0.3 is 5.11 Å². The molecule has 0 aromatic heterocycles. The summed E-state index contributed by atoms with van der Waals surface area (Å²) in [6, 6.07) is 3.17. The van der Waals surface area contributed by atoms with Gasteiger partial charge in [-0.15, -0.1) is 11.8 Å². The van der Waals surface area contributed by atoms with E-state index in [1.165, 1.54) is 17.8 Å². The lowest BCUT2D eigenvalue weighted by Gasteiger charge is -2.09. The van der Waals surface area contributed by atoms with Crippen LogP contribution in [0.2, 0.25) is 0 Å². The molecule has 0 heterocycles. The summed E-state index contributed by atoms with van der Waals surface area (Å²) in [7, 11) is 0. The molecule has 0 spiro atoms. The lowest BCUT2D eigenvalue weighted by Crippen LogP contribution is -2.12. The maximum atomic E-state index is 13.6. The first-order valence-electron chi connectivity index (χ1n) is 4.70. The average molecular weight is 307 g/mol. The van der Waals surface area contributed by atoms with Gasteiger partial charge in [0.25, 0.3) is 0 Å². The Bertz CT molecular complexity index is 386. The van der Waals surface area contributed by atoms with Crippen LogP contribution in [0.15, 0.2) is 21.5 Å². The number of carboxylic acid groups (broad SMARTS) is 1. The van der Waals surface area contributed by atoms with Crippen molar-refractivity contribution in [2.45, 2.75) is 18.2 Å². The van der Waals surface area contributed by atoms with E-state index in [0.29, 0.717) is 21.4 Å². The normalized spacial score (nSPS) is 12.5. The van der Waals surface area contributed by atoms with E-state index in [-0.39, 0.29) is 5.82 Å². The minimum Gasteiger partial charge on any atom is -0.481 e. The fourth-order valence-electron chi connectivity index (χ4n) is 1.37. The van der Waals surface area contributed by atoms with Gasteiger partial charge >= 0.3 is 5.97 Å². The van der Waals surface area contributed by atoms with E-state index >= 15 is 0 Å². The molecule has 1 unspecified atom stereocenters. The second-order valence-corrected chi connectivity index (χ2v) is 5.21. The van der Waals surface area contributed by atoms with Gasteiger partial charge in [-0.2, -0.15) is 0 Å². The second-order valence-electron chi connectivity index (χ2n) is 3.54. The zero-order valence-electron chi connectivity index (χ0n) is 8.96. The fourth-order valence-corrected chi connectivity index (χ4v) is 2.84. The highest BCUT2D eigenvalue weighted by molar-refractivity contribution is 9.10. The van der Waals surface area contributed by atoms with Crippen LogP contribution < -0.4 is 0 Å². The van der Waals surface area contributed by atoms with E-state index in [1.807, 2.05) is 0 Å². The quantitative estimate of drug-likeness (QED) is 0.864. The zero-order chi connectivity index (χ0) is 12.3. The first-order chi connectivity index (χ1) is 7.45. The van der Waals surface area contributed by atoms with Gasteiger partial charge in [0, 0.05) is 4.47 Å². The number of benzene rings is 1. The Morgan fingerprint density at radius 1 is 1.62 bits per heavy atom. The van der Waals surface area contributed by atoms with Crippen molar-refractivity contribution in [3.63, 3.8) is 0 Å². The van der Waals surface area contributed by atoms with Gasteiger partial charge in [0.1, 0.15) is 5.82 Å². The maximum Gasteiger partial charge on any atom is 0.306 e. The molecule has 0 bridgehead atoms. The molecule has 0 saturated carbocycles. The molecular weight excluding hydrogens is 295 g/mol. The summed E-state index contributed by atoms with van der Waals surface area (Å²) in [4.78, 5) is 11.2. The van der Waals surface area contributed by atoms with Crippen LogP contribution in [-0.4, -0.2) is 17.3 Å². The van der Waals surface area contributed by atoms with Gasteiger partial charge in [0.05, 0.1) is 10.8 Å². The molecule has 1 N–H and O–H groups in total. The molecule has 0 saturated heterocycles. The molecule has 1 aromatic carbocycles. The third-order valence-corrected chi connectivity index (χ3v) is 3.94. The maximum absolute atomic E-state index is 13.6. The second kappa shape index (κ2) is 5.68. The van der Waals surface area contributed by atoms with Crippen LogP contribution in [0.1, 0.15) is 12.5 Å². The standard InChI is InChI=1S/C11H12BrFO2S/c1-6(11(14)15)3-7-4-8(12)10(16-2)9(13)5-7/h4-6H,3H2,1-2H3,(H,14,15). The minimum atomic E-state index is -0.870. The van der Waals surface area contributed by atoms with Crippen molar-refractivity contribution >= 4 is 33.7 Å². The van der Waals surface area contributed by atoms with E-state index in [9.17, 15) is 9.18 Å². The van der Waals surface area contributed by atoms with Crippen LogP contribution in [0.3, 0.4) is 0 Å². The molecule has 2 nitrogen and oxygen atoms in total. The summed E-state index contributed by atoms with van der Waals surface area (Å²) in [5.41, 5.74) is 0.692. The SMILES string of the molecule is CSc1c(F)cc(CC(C)C(=O)O)cc1Br. The van der Waals surface area contributed by atoms with E-state index in [1.54, 1.807) is 19.2 Å². The molecule has 5 heteroatoms. The predicted molar refractivity (Wildman–Crippen MR) is 66.4 cm³/mol. The first kappa shape index (κ1) is 13.5. The Labute approximate surface area is 106 Å².